The summed E-state index contributed by atoms with van der Waals surface area (Å²) in [6.07, 6.45) is 9.79. The van der Waals surface area contributed by atoms with Gasteiger partial charge in [-0.3, -0.25) is 4.98 Å². The van der Waals surface area contributed by atoms with Gasteiger partial charge in [0.1, 0.15) is 10.9 Å². The number of morpholine rings is 2. The lowest BCUT2D eigenvalue weighted by Gasteiger charge is -2.27. The van der Waals surface area contributed by atoms with Crippen molar-refractivity contribution in [3.05, 3.63) is 66.6 Å². The molecule has 4 N–H and O–H groups in total. The van der Waals surface area contributed by atoms with Crippen LogP contribution in [0.5, 0.6) is 11.6 Å². The summed E-state index contributed by atoms with van der Waals surface area (Å²) in [6.45, 7) is 5.53. The van der Waals surface area contributed by atoms with E-state index < -0.39 is 0 Å². The fourth-order valence-electron chi connectivity index (χ4n) is 4.44. The zero-order chi connectivity index (χ0) is 31.7. The first-order valence-electron chi connectivity index (χ1n) is 14.3. The summed E-state index contributed by atoms with van der Waals surface area (Å²) in [5.74, 6) is 2.61. The van der Waals surface area contributed by atoms with Crippen LogP contribution in [0.4, 0.5) is 23.8 Å². The van der Waals surface area contributed by atoms with Gasteiger partial charge >= 0.3 is 0 Å². The number of hydrogen-bond acceptors (Lipinski definition) is 16. The van der Waals surface area contributed by atoms with Crippen molar-refractivity contribution in [2.45, 2.75) is 0 Å². The molecule has 0 aromatic carbocycles. The van der Waals surface area contributed by atoms with Crippen LogP contribution >= 0.6 is 11.6 Å². The molecule has 2 fully saturated rings. The number of pyridine rings is 1. The minimum Gasteiger partial charge on any atom is -0.437 e. The molecule has 5 aromatic rings. The summed E-state index contributed by atoms with van der Waals surface area (Å²) < 4.78 is 16.6. The van der Waals surface area contributed by atoms with E-state index in [1.807, 2.05) is 11.0 Å². The monoisotopic (exact) mass is 643 g/mol. The Morgan fingerprint density at radius 3 is 1.72 bits per heavy atom. The fraction of sp³-hybridized carbons (Fsp3) is 0.276. The fourth-order valence-corrected chi connectivity index (χ4v) is 4.62. The number of rotatable bonds is 6. The van der Waals surface area contributed by atoms with Crippen molar-refractivity contribution < 1.29 is 14.2 Å². The van der Waals surface area contributed by atoms with Crippen molar-refractivity contribution in [1.29, 1.82) is 0 Å². The van der Waals surface area contributed by atoms with Crippen LogP contribution < -0.4 is 26.0 Å². The Kier molecular flexibility index (Phi) is 9.77. The molecule has 0 bridgehead atoms. The molecule has 0 aliphatic carbocycles. The number of halogens is 1. The highest BCUT2D eigenvalue weighted by Gasteiger charge is 2.18. The Bertz CT molecular complexity index is 1720. The Balaban J connectivity index is 0.000000167. The van der Waals surface area contributed by atoms with Crippen LogP contribution in [0.2, 0.25) is 5.15 Å². The number of ether oxygens (including phenoxy) is 3. The van der Waals surface area contributed by atoms with Gasteiger partial charge in [-0.2, -0.15) is 4.98 Å². The first-order valence-corrected chi connectivity index (χ1v) is 14.7. The Hall–Kier alpha value is -5.32. The van der Waals surface area contributed by atoms with Crippen LogP contribution in [0.1, 0.15) is 0 Å². The summed E-state index contributed by atoms with van der Waals surface area (Å²) >= 11 is 6.08. The second kappa shape index (κ2) is 14.6. The molecule has 16 nitrogen and oxygen atoms in total. The van der Waals surface area contributed by atoms with Crippen molar-refractivity contribution in [3.63, 3.8) is 0 Å². The molecule has 0 amide bonds. The minimum absolute atomic E-state index is 0.211. The lowest BCUT2D eigenvalue weighted by molar-refractivity contribution is 0.122. The van der Waals surface area contributed by atoms with E-state index in [1.165, 1.54) is 0 Å². The number of nitrogen functional groups attached to an aromatic ring is 2. The lowest BCUT2D eigenvalue weighted by Crippen LogP contribution is -2.37. The molecule has 0 atom stereocenters. The highest BCUT2D eigenvalue weighted by molar-refractivity contribution is 6.29. The number of nitrogens with two attached hydrogens (primary N) is 2. The van der Waals surface area contributed by atoms with Crippen molar-refractivity contribution >= 4 is 35.4 Å². The topological polar surface area (TPSA) is 202 Å². The Morgan fingerprint density at radius 2 is 1.20 bits per heavy atom. The maximum absolute atomic E-state index is 6.08. The zero-order valence-corrected chi connectivity index (χ0v) is 25.4. The van der Waals surface area contributed by atoms with Crippen LogP contribution in [-0.4, -0.2) is 97.5 Å². The van der Waals surface area contributed by atoms with Gasteiger partial charge in [0, 0.05) is 80.4 Å². The molecule has 236 valence electrons. The second-order valence-electron chi connectivity index (χ2n) is 9.92. The van der Waals surface area contributed by atoms with Crippen molar-refractivity contribution in [2.75, 3.05) is 73.9 Å². The van der Waals surface area contributed by atoms with Crippen LogP contribution in [0.15, 0.2) is 61.4 Å². The van der Waals surface area contributed by atoms with Gasteiger partial charge in [-0.15, -0.1) is 0 Å². The number of nitrogens with zero attached hydrogens (tertiary/aromatic N) is 11. The molecule has 17 heteroatoms. The predicted molar refractivity (Wildman–Crippen MR) is 170 cm³/mol. The third-order valence-electron chi connectivity index (χ3n) is 6.75. The standard InChI is InChI=1S/C17H17N7O2.C12H13ClN6O/c18-16-20-9-12(10-21-16)14-8-15(26-13-2-1-3-19-11-13)23-17(22-14)24-4-6-25-7-5-24;13-10-5-9(8-6-15-11(14)16-7-8)17-12(18-10)19-1-3-20-4-2-19/h1-3,8-11H,4-7H2,(H2,18,20,21);5-7H,1-4H2,(H2,14,15,16). The summed E-state index contributed by atoms with van der Waals surface area (Å²) in [7, 11) is 0. The lowest BCUT2D eigenvalue weighted by atomic mass is 10.2. The molecule has 2 aliphatic rings. The molecule has 2 saturated heterocycles. The Labute approximate surface area is 268 Å². The van der Waals surface area contributed by atoms with Crippen molar-refractivity contribution in [3.8, 4) is 34.1 Å². The summed E-state index contributed by atoms with van der Waals surface area (Å²) in [6, 6.07) is 7.04. The van der Waals surface area contributed by atoms with Gasteiger partial charge in [0.05, 0.1) is 44.0 Å². The number of aromatic nitrogens is 9. The van der Waals surface area contributed by atoms with E-state index >= 15 is 0 Å². The van der Waals surface area contributed by atoms with Crippen LogP contribution in [-0.2, 0) is 9.47 Å². The predicted octanol–water partition coefficient (Wildman–Crippen LogP) is 2.55. The van der Waals surface area contributed by atoms with Crippen molar-refractivity contribution in [2.24, 2.45) is 0 Å². The molecule has 0 spiro atoms. The van der Waals surface area contributed by atoms with Gasteiger partial charge in [0.15, 0.2) is 0 Å². The highest BCUT2D eigenvalue weighted by Crippen LogP contribution is 2.27. The second-order valence-corrected chi connectivity index (χ2v) is 10.3. The summed E-state index contributed by atoms with van der Waals surface area (Å²) in [5, 5.41) is 0.383. The summed E-state index contributed by atoms with van der Waals surface area (Å²) in [5.41, 5.74) is 13.9. The van der Waals surface area contributed by atoms with E-state index in [0.29, 0.717) is 79.6 Å². The molecule has 0 unspecified atom stereocenters. The molecular formula is C29H30ClN13O3. The summed E-state index contributed by atoms with van der Waals surface area (Å²) in [4.78, 5) is 42.1. The van der Waals surface area contributed by atoms with E-state index in [4.69, 9.17) is 37.3 Å². The SMILES string of the molecule is Nc1ncc(-c2cc(Cl)nc(N3CCOCC3)n2)cn1.Nc1ncc(-c2cc(Oc3cccnc3)nc(N3CCOCC3)n2)cn1. The van der Waals surface area contributed by atoms with Gasteiger partial charge in [-0.25, -0.2) is 34.9 Å². The van der Waals surface area contributed by atoms with Gasteiger partial charge in [0.2, 0.25) is 29.7 Å². The molecule has 0 saturated carbocycles. The van der Waals surface area contributed by atoms with Crippen LogP contribution in [0.25, 0.3) is 22.5 Å². The zero-order valence-electron chi connectivity index (χ0n) is 24.6. The van der Waals surface area contributed by atoms with Gasteiger partial charge in [-0.05, 0) is 12.1 Å². The number of anilines is 4. The van der Waals surface area contributed by atoms with E-state index in [9.17, 15) is 0 Å². The minimum atomic E-state index is 0.211. The average Bonchev–Trinajstić information content (AvgIpc) is 3.10. The van der Waals surface area contributed by atoms with E-state index in [2.05, 4.69) is 49.8 Å². The largest absolute Gasteiger partial charge is 0.437 e. The van der Waals surface area contributed by atoms with Crippen molar-refractivity contribution in [1.82, 2.24) is 44.9 Å². The van der Waals surface area contributed by atoms with E-state index in [0.717, 1.165) is 24.2 Å². The molecule has 0 radical (unpaired) electrons. The van der Waals surface area contributed by atoms with E-state index in [1.54, 1.807) is 55.4 Å². The number of hydrogen-bond donors (Lipinski definition) is 2. The van der Waals surface area contributed by atoms with Crippen LogP contribution in [0.3, 0.4) is 0 Å². The molecular weight excluding hydrogens is 614 g/mol. The van der Waals surface area contributed by atoms with Gasteiger partial charge < -0.3 is 35.5 Å². The molecule has 46 heavy (non-hydrogen) atoms. The first-order chi connectivity index (χ1) is 22.5. The quantitative estimate of drug-likeness (QED) is 0.255. The molecule has 7 rings (SSSR count). The molecule has 5 aromatic heterocycles. The molecule has 2 aliphatic heterocycles. The maximum atomic E-state index is 6.08. The third-order valence-corrected chi connectivity index (χ3v) is 6.95. The van der Waals surface area contributed by atoms with Gasteiger partial charge in [0.25, 0.3) is 0 Å². The Morgan fingerprint density at radius 1 is 0.674 bits per heavy atom. The van der Waals surface area contributed by atoms with E-state index in [-0.39, 0.29) is 11.9 Å². The third kappa shape index (κ3) is 8.03. The first kappa shape index (κ1) is 30.7. The smallest absolute Gasteiger partial charge is 0.229 e. The maximum Gasteiger partial charge on any atom is 0.229 e. The highest BCUT2D eigenvalue weighted by atomic mass is 35.5. The average molecular weight is 644 g/mol. The van der Waals surface area contributed by atoms with Gasteiger partial charge in [-0.1, -0.05) is 11.6 Å². The van der Waals surface area contributed by atoms with Crippen LogP contribution in [0, 0.1) is 0 Å². The normalized spacial score (nSPS) is 14.7. The molecule has 7 heterocycles.